The van der Waals surface area contributed by atoms with Crippen LogP contribution in [0.15, 0.2) is 41.4 Å². The van der Waals surface area contributed by atoms with Gasteiger partial charge in [-0.1, -0.05) is 0 Å². The number of pyridine rings is 1. The molecule has 0 atom stereocenters. The molecular formula is C14H11N5O. The fraction of sp³-hybridized carbons (Fsp3) is 0.0714. The van der Waals surface area contributed by atoms with Gasteiger partial charge in [0.2, 0.25) is 0 Å². The molecule has 0 radical (unpaired) electrons. The van der Waals surface area contributed by atoms with Gasteiger partial charge >= 0.3 is 0 Å². The van der Waals surface area contributed by atoms with Crippen molar-refractivity contribution < 1.29 is 4.42 Å². The number of nitrogen functional groups attached to an aromatic ring is 1. The molecule has 0 aliphatic rings. The number of imidazole rings is 1. The quantitative estimate of drug-likeness (QED) is 0.766. The smallest absolute Gasteiger partial charge is 0.152 e. The van der Waals surface area contributed by atoms with E-state index >= 15 is 0 Å². The molecule has 20 heavy (non-hydrogen) atoms. The van der Waals surface area contributed by atoms with Crippen molar-refractivity contribution in [1.29, 1.82) is 5.26 Å². The number of nitrogens with two attached hydrogens (primary N) is 1. The summed E-state index contributed by atoms with van der Waals surface area (Å²) in [5.74, 6) is 0.764. The molecule has 3 aromatic rings. The molecule has 6 heteroatoms. The lowest BCUT2D eigenvalue weighted by atomic mass is 10.1. The summed E-state index contributed by atoms with van der Waals surface area (Å²) >= 11 is 0. The highest BCUT2D eigenvalue weighted by molar-refractivity contribution is 5.77. The van der Waals surface area contributed by atoms with Crippen molar-refractivity contribution in [3.05, 3.63) is 42.5 Å². The van der Waals surface area contributed by atoms with Crippen LogP contribution < -0.4 is 5.73 Å². The molecule has 0 saturated carbocycles. The highest BCUT2D eigenvalue weighted by Gasteiger charge is 2.15. The third kappa shape index (κ3) is 1.91. The third-order valence-corrected chi connectivity index (χ3v) is 2.91. The number of hydrogen-bond acceptors (Lipinski definition) is 5. The summed E-state index contributed by atoms with van der Waals surface area (Å²) in [7, 11) is 1.86. The number of aryl methyl sites for hydroxylation is 1. The average Bonchev–Trinajstić information content (AvgIpc) is 3.08. The van der Waals surface area contributed by atoms with Crippen molar-refractivity contribution >= 4 is 5.82 Å². The molecule has 3 rings (SSSR count). The largest absolute Gasteiger partial charge is 0.463 e. The monoisotopic (exact) mass is 265 g/mol. The Morgan fingerprint density at radius 1 is 1.40 bits per heavy atom. The van der Waals surface area contributed by atoms with Crippen molar-refractivity contribution in [3.8, 4) is 28.8 Å². The number of rotatable bonds is 2. The van der Waals surface area contributed by atoms with E-state index in [1.54, 1.807) is 35.4 Å². The van der Waals surface area contributed by atoms with Crippen LogP contribution in [-0.2, 0) is 7.05 Å². The summed E-state index contributed by atoms with van der Waals surface area (Å²) in [6.45, 7) is 0. The molecular weight excluding hydrogens is 254 g/mol. The van der Waals surface area contributed by atoms with Gasteiger partial charge in [-0.15, -0.1) is 0 Å². The zero-order chi connectivity index (χ0) is 14.1. The van der Waals surface area contributed by atoms with Crippen LogP contribution in [0.3, 0.4) is 0 Å². The molecule has 0 aliphatic carbocycles. The van der Waals surface area contributed by atoms with Crippen molar-refractivity contribution in [3.63, 3.8) is 0 Å². The molecule has 6 nitrogen and oxygen atoms in total. The first-order chi connectivity index (χ1) is 9.69. The lowest BCUT2D eigenvalue weighted by Crippen LogP contribution is -1.99. The Kier molecular flexibility index (Phi) is 2.73. The minimum absolute atomic E-state index is 0.169. The second kappa shape index (κ2) is 4.55. The summed E-state index contributed by atoms with van der Waals surface area (Å²) < 4.78 is 7.12. The molecule has 0 aliphatic heterocycles. The molecule has 0 aromatic carbocycles. The zero-order valence-electron chi connectivity index (χ0n) is 10.7. The second-order valence-corrected chi connectivity index (χ2v) is 4.33. The van der Waals surface area contributed by atoms with Gasteiger partial charge in [-0.2, -0.15) is 5.26 Å². The number of anilines is 1. The third-order valence-electron chi connectivity index (χ3n) is 2.91. The lowest BCUT2D eigenvalue weighted by molar-refractivity contribution is 0.580. The molecule has 0 spiro atoms. The van der Waals surface area contributed by atoms with E-state index < -0.39 is 0 Å². The second-order valence-electron chi connectivity index (χ2n) is 4.33. The van der Waals surface area contributed by atoms with E-state index in [4.69, 9.17) is 10.2 Å². The van der Waals surface area contributed by atoms with Crippen LogP contribution in [0, 0.1) is 11.3 Å². The SMILES string of the molecule is Cn1cnc(-c2cc(-c3ccco3)nc(N)c2C#N)c1. The van der Waals surface area contributed by atoms with Gasteiger partial charge in [0.1, 0.15) is 23.1 Å². The summed E-state index contributed by atoms with van der Waals surface area (Å²) in [5, 5.41) is 9.26. The van der Waals surface area contributed by atoms with Crippen LogP contribution >= 0.6 is 0 Å². The first-order valence-corrected chi connectivity index (χ1v) is 5.92. The fourth-order valence-electron chi connectivity index (χ4n) is 1.99. The molecule has 3 aromatic heterocycles. The lowest BCUT2D eigenvalue weighted by Gasteiger charge is -2.06. The number of hydrogen-bond donors (Lipinski definition) is 1. The van der Waals surface area contributed by atoms with Gasteiger partial charge in [0, 0.05) is 18.8 Å². The molecule has 0 unspecified atom stereocenters. The van der Waals surface area contributed by atoms with Gasteiger partial charge in [0.25, 0.3) is 0 Å². The van der Waals surface area contributed by atoms with Crippen LogP contribution in [-0.4, -0.2) is 14.5 Å². The Bertz CT molecular complexity index is 796. The van der Waals surface area contributed by atoms with Gasteiger partial charge < -0.3 is 14.7 Å². The minimum Gasteiger partial charge on any atom is -0.463 e. The summed E-state index contributed by atoms with van der Waals surface area (Å²) in [6, 6.07) is 7.39. The predicted molar refractivity (Wildman–Crippen MR) is 73.3 cm³/mol. The Morgan fingerprint density at radius 3 is 2.85 bits per heavy atom. The fourth-order valence-corrected chi connectivity index (χ4v) is 1.99. The van der Waals surface area contributed by atoms with Crippen molar-refractivity contribution in [1.82, 2.24) is 14.5 Å². The van der Waals surface area contributed by atoms with E-state index in [0.29, 0.717) is 28.3 Å². The van der Waals surface area contributed by atoms with E-state index in [2.05, 4.69) is 16.0 Å². The zero-order valence-corrected chi connectivity index (χ0v) is 10.7. The van der Waals surface area contributed by atoms with Gasteiger partial charge in [-0.3, -0.25) is 0 Å². The highest BCUT2D eigenvalue weighted by atomic mass is 16.3. The van der Waals surface area contributed by atoms with Gasteiger partial charge in [0.15, 0.2) is 5.76 Å². The van der Waals surface area contributed by atoms with Gasteiger partial charge in [-0.25, -0.2) is 9.97 Å². The Morgan fingerprint density at radius 2 is 2.25 bits per heavy atom. The number of nitriles is 1. The van der Waals surface area contributed by atoms with E-state index in [0.717, 1.165) is 0 Å². The van der Waals surface area contributed by atoms with E-state index in [-0.39, 0.29) is 5.82 Å². The van der Waals surface area contributed by atoms with Gasteiger partial charge in [-0.05, 0) is 18.2 Å². The molecule has 0 amide bonds. The first kappa shape index (κ1) is 12.0. The molecule has 3 heterocycles. The molecule has 98 valence electrons. The van der Waals surface area contributed by atoms with Crippen LogP contribution in [0.1, 0.15) is 5.56 Å². The highest BCUT2D eigenvalue weighted by Crippen LogP contribution is 2.30. The predicted octanol–water partition coefficient (Wildman–Crippen LogP) is 2.20. The van der Waals surface area contributed by atoms with Crippen LogP contribution in [0.5, 0.6) is 0 Å². The van der Waals surface area contributed by atoms with E-state index in [1.807, 2.05) is 13.2 Å². The maximum atomic E-state index is 9.26. The Hall–Kier alpha value is -3.07. The minimum atomic E-state index is 0.169. The van der Waals surface area contributed by atoms with Crippen LogP contribution in [0.25, 0.3) is 22.7 Å². The van der Waals surface area contributed by atoms with Crippen LogP contribution in [0.2, 0.25) is 0 Å². The molecule has 0 saturated heterocycles. The first-order valence-electron chi connectivity index (χ1n) is 5.92. The maximum absolute atomic E-state index is 9.26. The molecule has 0 bridgehead atoms. The molecule has 2 N–H and O–H groups in total. The van der Waals surface area contributed by atoms with Gasteiger partial charge in [0.05, 0.1) is 18.3 Å². The van der Waals surface area contributed by atoms with Crippen molar-refractivity contribution in [2.24, 2.45) is 7.05 Å². The summed E-state index contributed by atoms with van der Waals surface area (Å²) in [6.07, 6.45) is 5.05. The Balaban J connectivity index is 2.24. The number of furan rings is 1. The summed E-state index contributed by atoms with van der Waals surface area (Å²) in [4.78, 5) is 8.46. The Labute approximate surface area is 115 Å². The maximum Gasteiger partial charge on any atom is 0.152 e. The standard InChI is InChI=1S/C14H11N5O/c1-19-7-12(17-8-19)9-5-11(13-3-2-4-20-13)18-14(16)10(9)6-15/h2-5,7-8H,1H3,(H2,16,18). The number of nitrogens with zero attached hydrogens (tertiary/aromatic N) is 4. The topological polar surface area (TPSA) is 93.7 Å². The normalized spacial score (nSPS) is 10.4. The van der Waals surface area contributed by atoms with E-state index in [9.17, 15) is 5.26 Å². The number of aromatic nitrogens is 3. The van der Waals surface area contributed by atoms with Crippen molar-refractivity contribution in [2.45, 2.75) is 0 Å². The van der Waals surface area contributed by atoms with Crippen molar-refractivity contribution in [2.75, 3.05) is 5.73 Å². The summed E-state index contributed by atoms with van der Waals surface area (Å²) in [5.41, 5.74) is 8.09. The van der Waals surface area contributed by atoms with Crippen LogP contribution in [0.4, 0.5) is 5.82 Å². The average molecular weight is 265 g/mol. The van der Waals surface area contributed by atoms with E-state index in [1.165, 1.54) is 0 Å². The molecule has 0 fully saturated rings.